The molecule has 1 fully saturated rings. The lowest BCUT2D eigenvalue weighted by atomic mass is 9.96. The minimum Gasteiger partial charge on any atom is -0.301 e. The molecule has 0 atom stereocenters. The Hall–Kier alpha value is -1.64. The molecule has 0 aromatic heterocycles. The zero-order valence-corrected chi connectivity index (χ0v) is 14.1. The van der Waals surface area contributed by atoms with E-state index in [0.717, 1.165) is 13.1 Å². The van der Waals surface area contributed by atoms with Crippen LogP contribution in [0.15, 0.2) is 60.7 Å². The van der Waals surface area contributed by atoms with Gasteiger partial charge in [-0.3, -0.25) is 4.90 Å². The van der Waals surface area contributed by atoms with E-state index in [1.807, 2.05) is 0 Å². The van der Waals surface area contributed by atoms with E-state index < -0.39 is 0 Å². The SMILES string of the molecule is C[CH]CCN1CCN(C(c2ccccc2)c2ccccc2)CC1. The minimum atomic E-state index is 0.372. The van der Waals surface area contributed by atoms with Gasteiger partial charge in [-0.1, -0.05) is 67.6 Å². The normalized spacial score (nSPS) is 16.8. The molecule has 1 heterocycles. The van der Waals surface area contributed by atoms with Crippen LogP contribution in [0.3, 0.4) is 0 Å². The van der Waals surface area contributed by atoms with Crippen LogP contribution in [0.5, 0.6) is 0 Å². The smallest absolute Gasteiger partial charge is 0.0602 e. The summed E-state index contributed by atoms with van der Waals surface area (Å²) in [5, 5.41) is 0. The fourth-order valence-electron chi connectivity index (χ4n) is 3.44. The minimum absolute atomic E-state index is 0.372. The van der Waals surface area contributed by atoms with Gasteiger partial charge in [-0.05, 0) is 30.5 Å². The van der Waals surface area contributed by atoms with Crippen LogP contribution in [-0.2, 0) is 0 Å². The Morgan fingerprint density at radius 1 is 0.826 bits per heavy atom. The number of hydrogen-bond donors (Lipinski definition) is 0. The van der Waals surface area contributed by atoms with Gasteiger partial charge in [0.15, 0.2) is 0 Å². The fourth-order valence-corrected chi connectivity index (χ4v) is 3.44. The summed E-state index contributed by atoms with van der Waals surface area (Å²) >= 11 is 0. The molecule has 0 saturated carbocycles. The van der Waals surface area contributed by atoms with Gasteiger partial charge in [-0.2, -0.15) is 0 Å². The van der Waals surface area contributed by atoms with Crippen molar-refractivity contribution in [3.63, 3.8) is 0 Å². The third-order valence-corrected chi connectivity index (χ3v) is 4.74. The molecule has 23 heavy (non-hydrogen) atoms. The molecular formula is C21H27N2. The lowest BCUT2D eigenvalue weighted by Crippen LogP contribution is -2.48. The van der Waals surface area contributed by atoms with Gasteiger partial charge in [0.1, 0.15) is 0 Å². The molecule has 1 aliphatic rings. The second-order valence-corrected chi connectivity index (χ2v) is 6.30. The van der Waals surface area contributed by atoms with Crippen LogP contribution in [0.4, 0.5) is 0 Å². The Morgan fingerprint density at radius 3 is 1.83 bits per heavy atom. The highest BCUT2D eigenvalue weighted by Gasteiger charge is 2.25. The summed E-state index contributed by atoms with van der Waals surface area (Å²) in [6, 6.07) is 22.2. The summed E-state index contributed by atoms with van der Waals surface area (Å²) in [6.45, 7) is 7.97. The van der Waals surface area contributed by atoms with Crippen LogP contribution in [0, 0.1) is 6.42 Å². The average molecular weight is 307 g/mol. The number of hydrogen-bond acceptors (Lipinski definition) is 2. The van der Waals surface area contributed by atoms with Crippen LogP contribution in [-0.4, -0.2) is 42.5 Å². The van der Waals surface area contributed by atoms with E-state index in [1.165, 1.54) is 37.2 Å². The van der Waals surface area contributed by atoms with E-state index in [4.69, 9.17) is 0 Å². The molecular weight excluding hydrogens is 280 g/mol. The number of piperazine rings is 1. The van der Waals surface area contributed by atoms with Crippen LogP contribution >= 0.6 is 0 Å². The van der Waals surface area contributed by atoms with E-state index in [1.54, 1.807) is 0 Å². The summed E-state index contributed by atoms with van der Waals surface area (Å²) in [4.78, 5) is 5.22. The zero-order chi connectivity index (χ0) is 15.9. The molecule has 0 bridgehead atoms. The molecule has 0 unspecified atom stereocenters. The van der Waals surface area contributed by atoms with Gasteiger partial charge < -0.3 is 4.90 Å². The topological polar surface area (TPSA) is 6.48 Å². The monoisotopic (exact) mass is 307 g/mol. The largest absolute Gasteiger partial charge is 0.301 e. The second-order valence-electron chi connectivity index (χ2n) is 6.30. The molecule has 1 saturated heterocycles. The number of benzene rings is 2. The van der Waals surface area contributed by atoms with Gasteiger partial charge >= 0.3 is 0 Å². The molecule has 2 nitrogen and oxygen atoms in total. The molecule has 1 radical (unpaired) electrons. The van der Waals surface area contributed by atoms with Gasteiger partial charge in [0.2, 0.25) is 0 Å². The van der Waals surface area contributed by atoms with Gasteiger partial charge in [0, 0.05) is 26.2 Å². The Kier molecular flexibility index (Phi) is 5.84. The number of rotatable bonds is 6. The first-order valence-electron chi connectivity index (χ1n) is 8.72. The molecule has 3 rings (SSSR count). The molecule has 2 aromatic rings. The van der Waals surface area contributed by atoms with Crippen molar-refractivity contribution in [2.75, 3.05) is 32.7 Å². The molecule has 0 N–H and O–H groups in total. The predicted octanol–water partition coefficient (Wildman–Crippen LogP) is 4.01. The number of unbranched alkanes of at least 4 members (excludes halogenated alkanes) is 1. The molecule has 2 aromatic carbocycles. The Morgan fingerprint density at radius 2 is 1.35 bits per heavy atom. The molecule has 0 spiro atoms. The van der Waals surface area contributed by atoms with Crippen molar-refractivity contribution in [1.29, 1.82) is 0 Å². The Labute approximate surface area is 140 Å². The van der Waals surface area contributed by atoms with Crippen LogP contribution in [0.2, 0.25) is 0 Å². The predicted molar refractivity (Wildman–Crippen MR) is 97.3 cm³/mol. The van der Waals surface area contributed by atoms with Gasteiger partial charge in [0.25, 0.3) is 0 Å². The first-order valence-corrected chi connectivity index (χ1v) is 8.72. The third kappa shape index (κ3) is 4.21. The fraction of sp³-hybridized carbons (Fsp3) is 0.381. The van der Waals surface area contributed by atoms with Crippen LogP contribution < -0.4 is 0 Å². The van der Waals surface area contributed by atoms with Crippen molar-refractivity contribution in [3.8, 4) is 0 Å². The molecule has 0 amide bonds. The lowest BCUT2D eigenvalue weighted by molar-refractivity contribution is 0.110. The van der Waals surface area contributed by atoms with E-state index in [0.29, 0.717) is 6.04 Å². The summed E-state index contributed by atoms with van der Waals surface area (Å²) in [6.07, 6.45) is 3.46. The molecule has 121 valence electrons. The van der Waals surface area contributed by atoms with Crippen LogP contribution in [0.1, 0.15) is 30.5 Å². The first-order chi connectivity index (χ1) is 11.4. The quantitative estimate of drug-likeness (QED) is 0.795. The third-order valence-electron chi connectivity index (χ3n) is 4.74. The highest BCUT2D eigenvalue weighted by Crippen LogP contribution is 2.29. The maximum atomic E-state index is 2.64. The molecule has 2 heteroatoms. The Bertz CT molecular complexity index is 519. The van der Waals surface area contributed by atoms with Crippen molar-refractivity contribution in [2.24, 2.45) is 0 Å². The second kappa shape index (κ2) is 8.28. The highest BCUT2D eigenvalue weighted by atomic mass is 15.3. The van der Waals surface area contributed by atoms with Gasteiger partial charge in [-0.25, -0.2) is 0 Å². The first kappa shape index (κ1) is 16.2. The standard InChI is InChI=1S/C21H27N2/c1-2-3-14-22-15-17-23(18-16-22)21(19-10-6-4-7-11-19)20-12-8-5-9-13-20/h2,4-13,21H,3,14-18H2,1H3. The van der Waals surface area contributed by atoms with Crippen molar-refractivity contribution in [1.82, 2.24) is 9.80 Å². The average Bonchev–Trinajstić information content (AvgIpc) is 2.63. The van der Waals surface area contributed by atoms with E-state index >= 15 is 0 Å². The molecule has 1 aliphatic heterocycles. The van der Waals surface area contributed by atoms with Crippen molar-refractivity contribution < 1.29 is 0 Å². The summed E-state index contributed by atoms with van der Waals surface area (Å²) in [5.41, 5.74) is 2.79. The van der Waals surface area contributed by atoms with Gasteiger partial charge in [0.05, 0.1) is 6.04 Å². The summed E-state index contributed by atoms with van der Waals surface area (Å²) < 4.78 is 0. The summed E-state index contributed by atoms with van der Waals surface area (Å²) in [5.74, 6) is 0. The van der Waals surface area contributed by atoms with Crippen molar-refractivity contribution >= 4 is 0 Å². The highest BCUT2D eigenvalue weighted by molar-refractivity contribution is 5.31. The Balaban J connectivity index is 1.75. The van der Waals surface area contributed by atoms with Crippen molar-refractivity contribution in [3.05, 3.63) is 78.2 Å². The number of nitrogens with zero attached hydrogens (tertiary/aromatic N) is 2. The zero-order valence-electron chi connectivity index (χ0n) is 14.1. The molecule has 0 aliphatic carbocycles. The maximum absolute atomic E-state index is 2.64. The van der Waals surface area contributed by atoms with E-state index in [9.17, 15) is 0 Å². The van der Waals surface area contributed by atoms with Crippen LogP contribution in [0.25, 0.3) is 0 Å². The lowest BCUT2D eigenvalue weighted by Gasteiger charge is -2.39. The summed E-state index contributed by atoms with van der Waals surface area (Å²) in [7, 11) is 0. The van der Waals surface area contributed by atoms with E-state index in [2.05, 4.69) is 83.8 Å². The maximum Gasteiger partial charge on any atom is 0.0602 e. The van der Waals surface area contributed by atoms with E-state index in [-0.39, 0.29) is 0 Å². The van der Waals surface area contributed by atoms with Crippen molar-refractivity contribution in [2.45, 2.75) is 19.4 Å². The van der Waals surface area contributed by atoms with Gasteiger partial charge in [-0.15, -0.1) is 0 Å².